The van der Waals surface area contributed by atoms with Crippen LogP contribution in [0.25, 0.3) is 0 Å². The van der Waals surface area contributed by atoms with E-state index in [0.29, 0.717) is 32.5 Å². The van der Waals surface area contributed by atoms with Gasteiger partial charge in [-0.05, 0) is 51.7 Å². The smallest absolute Gasteiger partial charge is 0.225 e. The zero-order valence-electron chi connectivity index (χ0n) is 16.4. The Morgan fingerprint density at radius 1 is 1.12 bits per heavy atom. The molecule has 2 amide bonds. The molecule has 0 spiro atoms. The number of carbonyl (C=O) groups excluding carboxylic acids is 2. The number of aryl methyl sites for hydroxylation is 1. The van der Waals surface area contributed by atoms with Gasteiger partial charge in [-0.3, -0.25) is 9.59 Å². The molecule has 26 heavy (non-hydrogen) atoms. The van der Waals surface area contributed by atoms with E-state index in [1.165, 1.54) is 0 Å². The molecule has 5 heteroatoms. The normalized spacial score (nSPS) is 15.0. The molecule has 0 bridgehead atoms. The summed E-state index contributed by atoms with van der Waals surface area (Å²) in [5.41, 5.74) is 1.08. The molecule has 0 saturated carbocycles. The Labute approximate surface area is 157 Å². The number of amides is 2. The lowest BCUT2D eigenvalue weighted by molar-refractivity contribution is -0.140. The second kappa shape index (κ2) is 10.2. The minimum absolute atomic E-state index is 0.0673. The van der Waals surface area contributed by atoms with Crippen LogP contribution in [0.5, 0.6) is 5.75 Å². The summed E-state index contributed by atoms with van der Waals surface area (Å²) in [5.74, 6) is 1.35. The number of likely N-dealkylation sites (tertiary alicyclic amines) is 1. The summed E-state index contributed by atoms with van der Waals surface area (Å²) in [6, 6.07) is 7.90. The third-order valence-corrected chi connectivity index (χ3v) is 5.15. The zero-order valence-corrected chi connectivity index (χ0v) is 16.4. The molecule has 1 aromatic carbocycles. The molecule has 144 valence electrons. The molecule has 5 nitrogen and oxygen atoms in total. The largest absolute Gasteiger partial charge is 0.494 e. The number of ether oxygens (including phenoxy) is 1. The SMILES string of the molecule is CCOc1ccccc1CCC(=O)N1CCC(C(=O)N(CC)CC)CC1. The number of carbonyl (C=O) groups is 2. The van der Waals surface area contributed by atoms with Gasteiger partial charge in [-0.2, -0.15) is 0 Å². The summed E-state index contributed by atoms with van der Waals surface area (Å²) in [5, 5.41) is 0. The Bertz CT molecular complexity index is 591. The van der Waals surface area contributed by atoms with Crippen molar-refractivity contribution in [3.05, 3.63) is 29.8 Å². The van der Waals surface area contributed by atoms with E-state index in [-0.39, 0.29) is 17.7 Å². The van der Waals surface area contributed by atoms with E-state index in [2.05, 4.69) is 0 Å². The molecule has 2 rings (SSSR count). The van der Waals surface area contributed by atoms with Gasteiger partial charge in [-0.15, -0.1) is 0 Å². The predicted molar refractivity (Wildman–Crippen MR) is 103 cm³/mol. The van der Waals surface area contributed by atoms with E-state index in [1.807, 2.05) is 54.8 Å². The highest BCUT2D eigenvalue weighted by molar-refractivity contribution is 5.80. The van der Waals surface area contributed by atoms with Gasteiger partial charge < -0.3 is 14.5 Å². The minimum Gasteiger partial charge on any atom is -0.494 e. The van der Waals surface area contributed by atoms with E-state index in [9.17, 15) is 9.59 Å². The van der Waals surface area contributed by atoms with Crippen LogP contribution in [0, 0.1) is 5.92 Å². The number of para-hydroxylation sites is 1. The van der Waals surface area contributed by atoms with Crippen molar-refractivity contribution in [1.82, 2.24) is 9.80 Å². The molecule has 0 unspecified atom stereocenters. The summed E-state index contributed by atoms with van der Waals surface area (Å²) < 4.78 is 5.63. The molecule has 1 heterocycles. The summed E-state index contributed by atoms with van der Waals surface area (Å²) in [4.78, 5) is 28.8. The average Bonchev–Trinajstić information content (AvgIpc) is 2.68. The van der Waals surface area contributed by atoms with Crippen LogP contribution in [0.4, 0.5) is 0 Å². The number of piperidine rings is 1. The molecule has 1 saturated heterocycles. The Morgan fingerprint density at radius 2 is 1.77 bits per heavy atom. The quantitative estimate of drug-likeness (QED) is 0.716. The van der Waals surface area contributed by atoms with Crippen LogP contribution in [-0.4, -0.2) is 54.4 Å². The van der Waals surface area contributed by atoms with Crippen molar-refractivity contribution in [2.75, 3.05) is 32.8 Å². The Hall–Kier alpha value is -2.04. The molecule has 1 fully saturated rings. The predicted octanol–water partition coefficient (Wildman–Crippen LogP) is 3.12. The van der Waals surface area contributed by atoms with Gasteiger partial charge in [0.05, 0.1) is 6.61 Å². The van der Waals surface area contributed by atoms with Crippen LogP contribution in [0.3, 0.4) is 0 Å². The van der Waals surface area contributed by atoms with Crippen molar-refractivity contribution in [3.63, 3.8) is 0 Å². The fourth-order valence-corrected chi connectivity index (χ4v) is 3.58. The monoisotopic (exact) mass is 360 g/mol. The molecule has 0 radical (unpaired) electrons. The number of benzene rings is 1. The van der Waals surface area contributed by atoms with E-state index in [1.54, 1.807) is 0 Å². The van der Waals surface area contributed by atoms with Gasteiger partial charge in [0.2, 0.25) is 11.8 Å². The first-order chi connectivity index (χ1) is 12.6. The van der Waals surface area contributed by atoms with Crippen molar-refractivity contribution in [2.24, 2.45) is 5.92 Å². The van der Waals surface area contributed by atoms with Crippen molar-refractivity contribution < 1.29 is 14.3 Å². The van der Waals surface area contributed by atoms with Gasteiger partial charge in [0, 0.05) is 38.5 Å². The highest BCUT2D eigenvalue weighted by Gasteiger charge is 2.29. The first-order valence-electron chi connectivity index (χ1n) is 9.87. The maximum absolute atomic E-state index is 12.6. The number of hydrogen-bond donors (Lipinski definition) is 0. The van der Waals surface area contributed by atoms with Crippen LogP contribution in [0.1, 0.15) is 45.6 Å². The molecule has 1 aliphatic heterocycles. The lowest BCUT2D eigenvalue weighted by Crippen LogP contribution is -2.44. The van der Waals surface area contributed by atoms with Crippen LogP contribution >= 0.6 is 0 Å². The molecular weight excluding hydrogens is 328 g/mol. The second-order valence-electron chi connectivity index (χ2n) is 6.71. The van der Waals surface area contributed by atoms with Crippen LogP contribution in [0.15, 0.2) is 24.3 Å². The lowest BCUT2D eigenvalue weighted by atomic mass is 9.94. The van der Waals surface area contributed by atoms with Gasteiger partial charge in [0.15, 0.2) is 0 Å². The number of nitrogens with zero attached hydrogens (tertiary/aromatic N) is 2. The van der Waals surface area contributed by atoms with Gasteiger partial charge in [0.25, 0.3) is 0 Å². The maximum atomic E-state index is 12.6. The third-order valence-electron chi connectivity index (χ3n) is 5.15. The maximum Gasteiger partial charge on any atom is 0.225 e. The summed E-state index contributed by atoms with van der Waals surface area (Å²) >= 11 is 0. The summed E-state index contributed by atoms with van der Waals surface area (Å²) in [7, 11) is 0. The molecule has 0 aliphatic carbocycles. The topological polar surface area (TPSA) is 49.9 Å². The van der Waals surface area contributed by atoms with Crippen molar-refractivity contribution in [1.29, 1.82) is 0 Å². The molecule has 0 aromatic heterocycles. The zero-order chi connectivity index (χ0) is 18.9. The third kappa shape index (κ3) is 5.23. The Kier molecular flexibility index (Phi) is 7.95. The molecule has 1 aliphatic rings. The van der Waals surface area contributed by atoms with Crippen molar-refractivity contribution >= 4 is 11.8 Å². The standard InChI is InChI=1S/C21H32N2O3/c1-4-22(5-2)21(25)18-13-15-23(16-14-18)20(24)12-11-17-9-7-8-10-19(17)26-6-3/h7-10,18H,4-6,11-16H2,1-3H3. The molecule has 0 atom stereocenters. The summed E-state index contributed by atoms with van der Waals surface area (Å²) in [6.07, 6.45) is 2.72. The van der Waals surface area contributed by atoms with E-state index in [4.69, 9.17) is 4.74 Å². The summed E-state index contributed by atoms with van der Waals surface area (Å²) in [6.45, 7) is 9.50. The average molecular weight is 360 g/mol. The minimum atomic E-state index is 0.0673. The van der Waals surface area contributed by atoms with Gasteiger partial charge in [-0.25, -0.2) is 0 Å². The second-order valence-corrected chi connectivity index (χ2v) is 6.71. The first-order valence-corrected chi connectivity index (χ1v) is 9.87. The van der Waals surface area contributed by atoms with Gasteiger partial charge in [-0.1, -0.05) is 18.2 Å². The molecule has 1 aromatic rings. The first kappa shape index (κ1) is 20.3. The number of hydrogen-bond acceptors (Lipinski definition) is 3. The Morgan fingerprint density at radius 3 is 2.38 bits per heavy atom. The van der Waals surface area contributed by atoms with E-state index < -0.39 is 0 Å². The fourth-order valence-electron chi connectivity index (χ4n) is 3.58. The van der Waals surface area contributed by atoms with Gasteiger partial charge in [0.1, 0.15) is 5.75 Å². The van der Waals surface area contributed by atoms with Crippen LogP contribution < -0.4 is 4.74 Å². The van der Waals surface area contributed by atoms with Gasteiger partial charge >= 0.3 is 0 Å². The number of rotatable bonds is 8. The van der Waals surface area contributed by atoms with Crippen LogP contribution in [-0.2, 0) is 16.0 Å². The fraction of sp³-hybridized carbons (Fsp3) is 0.619. The lowest BCUT2D eigenvalue weighted by Gasteiger charge is -2.33. The Balaban J connectivity index is 1.83. The molecular formula is C21H32N2O3. The van der Waals surface area contributed by atoms with Crippen molar-refractivity contribution in [3.8, 4) is 5.75 Å². The van der Waals surface area contributed by atoms with E-state index in [0.717, 1.165) is 37.2 Å². The highest BCUT2D eigenvalue weighted by atomic mass is 16.5. The van der Waals surface area contributed by atoms with Crippen LogP contribution in [0.2, 0.25) is 0 Å². The van der Waals surface area contributed by atoms with E-state index >= 15 is 0 Å². The molecule has 0 N–H and O–H groups in total. The van der Waals surface area contributed by atoms with Crippen molar-refractivity contribution in [2.45, 2.75) is 46.5 Å². The highest BCUT2D eigenvalue weighted by Crippen LogP contribution is 2.22.